The number of carbonyl (C=O) groups excluding carboxylic acids is 1. The van der Waals surface area contributed by atoms with E-state index < -0.39 is 0 Å². The van der Waals surface area contributed by atoms with Gasteiger partial charge in [0.2, 0.25) is 5.91 Å². The number of likely N-dealkylation sites (tertiary alicyclic amines) is 1. The molecule has 0 radical (unpaired) electrons. The van der Waals surface area contributed by atoms with Crippen LogP contribution in [0.5, 0.6) is 11.5 Å². The zero-order chi connectivity index (χ0) is 16.8. The normalized spacial score (nSPS) is 18.1. The van der Waals surface area contributed by atoms with Crippen LogP contribution in [0.4, 0.5) is 5.69 Å². The Labute approximate surface area is 143 Å². The van der Waals surface area contributed by atoms with Crippen molar-refractivity contribution in [3.8, 4) is 11.5 Å². The van der Waals surface area contributed by atoms with Gasteiger partial charge in [0.1, 0.15) is 5.75 Å². The van der Waals surface area contributed by atoms with Gasteiger partial charge in [-0.1, -0.05) is 36.8 Å². The first-order valence-corrected chi connectivity index (χ1v) is 8.58. The quantitative estimate of drug-likeness (QED) is 0.892. The minimum Gasteiger partial charge on any atom is -0.455 e. The number of nitrogens with zero attached hydrogens (tertiary/aromatic N) is 1. The molecule has 0 spiro atoms. The number of anilines is 1. The van der Waals surface area contributed by atoms with Crippen LogP contribution >= 0.6 is 0 Å². The number of nitrogens with one attached hydrogen (secondary N) is 1. The van der Waals surface area contributed by atoms with Gasteiger partial charge in [0.15, 0.2) is 5.75 Å². The molecule has 126 valence electrons. The average molecular weight is 324 g/mol. The molecule has 1 amide bonds. The molecule has 0 unspecified atom stereocenters. The fraction of sp³-hybridized carbons (Fsp3) is 0.350. The molecule has 4 nitrogen and oxygen atoms in total. The van der Waals surface area contributed by atoms with E-state index in [4.69, 9.17) is 4.74 Å². The molecular formula is C20H24N2O2. The van der Waals surface area contributed by atoms with Gasteiger partial charge in [-0.05, 0) is 50.6 Å². The predicted octanol–water partition coefficient (Wildman–Crippen LogP) is 4.29. The van der Waals surface area contributed by atoms with Crippen molar-refractivity contribution in [1.82, 2.24) is 4.90 Å². The van der Waals surface area contributed by atoms with Gasteiger partial charge in [-0.15, -0.1) is 0 Å². The molecule has 1 N–H and O–H groups in total. The lowest BCUT2D eigenvalue weighted by Gasteiger charge is -2.32. The molecule has 1 saturated heterocycles. The van der Waals surface area contributed by atoms with Crippen LogP contribution < -0.4 is 10.1 Å². The number of ether oxygens (including phenoxy) is 1. The molecule has 1 aliphatic rings. The number of hydrogen-bond donors (Lipinski definition) is 1. The lowest BCUT2D eigenvalue weighted by atomic mass is 10.0. The van der Waals surface area contributed by atoms with Crippen molar-refractivity contribution >= 4 is 11.6 Å². The third-order valence-corrected chi connectivity index (χ3v) is 4.42. The number of carbonyl (C=O) groups is 1. The number of amides is 1. The summed E-state index contributed by atoms with van der Waals surface area (Å²) in [5.74, 6) is 1.42. The molecule has 2 aromatic carbocycles. The zero-order valence-electron chi connectivity index (χ0n) is 14.1. The third kappa shape index (κ3) is 4.36. The van der Waals surface area contributed by atoms with Gasteiger partial charge in [0, 0.05) is 6.04 Å². The van der Waals surface area contributed by atoms with E-state index in [-0.39, 0.29) is 5.91 Å². The third-order valence-electron chi connectivity index (χ3n) is 4.42. The highest BCUT2D eigenvalue weighted by Gasteiger charge is 2.21. The van der Waals surface area contributed by atoms with Crippen LogP contribution in [-0.2, 0) is 4.79 Å². The van der Waals surface area contributed by atoms with E-state index in [0.717, 1.165) is 12.3 Å². The molecule has 0 aliphatic carbocycles. The fourth-order valence-corrected chi connectivity index (χ4v) is 3.04. The van der Waals surface area contributed by atoms with Crippen LogP contribution in [0.15, 0.2) is 54.6 Å². The maximum atomic E-state index is 12.4. The molecule has 4 heteroatoms. The Hall–Kier alpha value is -2.33. The monoisotopic (exact) mass is 324 g/mol. The SMILES string of the molecule is C[C@H]1CCCCN1CC(=O)Nc1ccccc1Oc1ccccc1. The van der Waals surface area contributed by atoms with Crippen LogP contribution in [0, 0.1) is 0 Å². The van der Waals surface area contributed by atoms with E-state index in [2.05, 4.69) is 17.1 Å². The largest absolute Gasteiger partial charge is 0.455 e. The topological polar surface area (TPSA) is 41.6 Å². The van der Waals surface area contributed by atoms with E-state index in [9.17, 15) is 4.79 Å². The van der Waals surface area contributed by atoms with Gasteiger partial charge in [-0.25, -0.2) is 0 Å². The number of rotatable bonds is 5. The molecule has 3 rings (SSSR count). The number of piperidine rings is 1. The van der Waals surface area contributed by atoms with Crippen molar-refractivity contribution in [3.05, 3.63) is 54.6 Å². The highest BCUT2D eigenvalue weighted by Crippen LogP contribution is 2.29. The van der Waals surface area contributed by atoms with E-state index in [1.807, 2.05) is 54.6 Å². The Morgan fingerprint density at radius 1 is 1.12 bits per heavy atom. The smallest absolute Gasteiger partial charge is 0.238 e. The summed E-state index contributed by atoms with van der Waals surface area (Å²) in [6.45, 7) is 3.62. The standard InChI is InChI=1S/C20H24N2O2/c1-16-9-7-8-14-22(16)15-20(23)21-18-12-5-6-13-19(18)24-17-10-3-2-4-11-17/h2-6,10-13,16H,7-9,14-15H2,1H3,(H,21,23)/t16-/m0/s1. The summed E-state index contributed by atoms with van der Waals surface area (Å²) in [4.78, 5) is 14.7. The second-order valence-electron chi connectivity index (χ2n) is 6.27. The molecule has 1 heterocycles. The highest BCUT2D eigenvalue weighted by molar-refractivity contribution is 5.93. The van der Waals surface area contributed by atoms with Crippen molar-refractivity contribution in [3.63, 3.8) is 0 Å². The van der Waals surface area contributed by atoms with E-state index in [0.29, 0.717) is 24.0 Å². The van der Waals surface area contributed by atoms with Crippen molar-refractivity contribution in [2.24, 2.45) is 0 Å². The van der Waals surface area contributed by atoms with E-state index in [1.165, 1.54) is 19.3 Å². The van der Waals surface area contributed by atoms with E-state index in [1.54, 1.807) is 0 Å². The zero-order valence-corrected chi connectivity index (χ0v) is 14.1. The molecule has 1 atom stereocenters. The summed E-state index contributed by atoms with van der Waals surface area (Å²) in [7, 11) is 0. The Morgan fingerprint density at radius 2 is 1.88 bits per heavy atom. The summed E-state index contributed by atoms with van der Waals surface area (Å²) in [5.41, 5.74) is 0.705. The average Bonchev–Trinajstić information content (AvgIpc) is 2.60. The lowest BCUT2D eigenvalue weighted by Crippen LogP contribution is -2.42. The van der Waals surface area contributed by atoms with Gasteiger partial charge in [0.25, 0.3) is 0 Å². The summed E-state index contributed by atoms with van der Waals surface area (Å²) in [6, 6.07) is 17.6. The van der Waals surface area contributed by atoms with Crippen LogP contribution in [0.1, 0.15) is 26.2 Å². The van der Waals surface area contributed by atoms with Crippen LogP contribution in [-0.4, -0.2) is 29.9 Å². The van der Waals surface area contributed by atoms with Gasteiger partial charge in [-0.3, -0.25) is 9.69 Å². The number of para-hydroxylation sites is 3. The Kier molecular flexibility index (Phi) is 5.49. The molecule has 1 fully saturated rings. The van der Waals surface area contributed by atoms with Crippen LogP contribution in [0.3, 0.4) is 0 Å². The maximum absolute atomic E-state index is 12.4. The molecule has 0 bridgehead atoms. The predicted molar refractivity (Wildman–Crippen MR) is 96.5 cm³/mol. The first-order valence-electron chi connectivity index (χ1n) is 8.58. The second-order valence-corrected chi connectivity index (χ2v) is 6.27. The minimum atomic E-state index is 0.00728. The van der Waals surface area contributed by atoms with Crippen LogP contribution in [0.25, 0.3) is 0 Å². The molecular weight excluding hydrogens is 300 g/mol. The number of benzene rings is 2. The Morgan fingerprint density at radius 3 is 2.67 bits per heavy atom. The molecule has 0 aromatic heterocycles. The first kappa shape index (κ1) is 16.5. The van der Waals surface area contributed by atoms with Gasteiger partial charge >= 0.3 is 0 Å². The van der Waals surface area contributed by atoms with Gasteiger partial charge in [-0.2, -0.15) is 0 Å². The molecule has 24 heavy (non-hydrogen) atoms. The van der Waals surface area contributed by atoms with Crippen molar-refractivity contribution in [1.29, 1.82) is 0 Å². The maximum Gasteiger partial charge on any atom is 0.238 e. The summed E-state index contributed by atoms with van der Waals surface area (Å²) in [5, 5.41) is 2.99. The lowest BCUT2D eigenvalue weighted by molar-refractivity contribution is -0.118. The molecule has 1 aliphatic heterocycles. The Bertz CT molecular complexity index is 672. The molecule has 0 saturated carbocycles. The van der Waals surface area contributed by atoms with Gasteiger partial charge < -0.3 is 10.1 Å². The van der Waals surface area contributed by atoms with Crippen LogP contribution in [0.2, 0.25) is 0 Å². The second kappa shape index (κ2) is 7.97. The van der Waals surface area contributed by atoms with Crippen molar-refractivity contribution in [2.45, 2.75) is 32.2 Å². The van der Waals surface area contributed by atoms with Crippen molar-refractivity contribution in [2.75, 3.05) is 18.4 Å². The minimum absolute atomic E-state index is 0.00728. The summed E-state index contributed by atoms with van der Waals surface area (Å²) in [6.07, 6.45) is 3.60. The number of hydrogen-bond acceptors (Lipinski definition) is 3. The molecule has 2 aromatic rings. The van der Waals surface area contributed by atoms with E-state index >= 15 is 0 Å². The summed E-state index contributed by atoms with van der Waals surface area (Å²) >= 11 is 0. The fourth-order valence-electron chi connectivity index (χ4n) is 3.04. The first-order chi connectivity index (χ1) is 11.7. The highest BCUT2D eigenvalue weighted by atomic mass is 16.5. The Balaban J connectivity index is 1.65. The summed E-state index contributed by atoms with van der Waals surface area (Å²) < 4.78 is 5.89. The van der Waals surface area contributed by atoms with Gasteiger partial charge in [0.05, 0.1) is 12.2 Å². The van der Waals surface area contributed by atoms with Crippen molar-refractivity contribution < 1.29 is 9.53 Å².